The maximum absolute atomic E-state index is 11.4. The number of hydrogen-bond donors (Lipinski definition) is 1. The minimum absolute atomic E-state index is 0.0703. The highest BCUT2D eigenvalue weighted by atomic mass is 32.2. The van der Waals surface area contributed by atoms with E-state index < -0.39 is 9.84 Å². The minimum atomic E-state index is -3.07. The third-order valence-electron chi connectivity index (χ3n) is 3.25. The number of anilines is 1. The van der Waals surface area contributed by atoms with Crippen LogP contribution in [0.3, 0.4) is 0 Å². The first-order valence-corrected chi connectivity index (χ1v) is 8.18. The molecule has 0 amide bonds. The van der Waals surface area contributed by atoms with Crippen LogP contribution in [0.15, 0.2) is 29.9 Å². The molecule has 3 heterocycles. The van der Waals surface area contributed by atoms with Gasteiger partial charge < -0.3 is 5.32 Å². The Hall–Kier alpha value is -1.89. The van der Waals surface area contributed by atoms with Crippen molar-refractivity contribution < 1.29 is 8.42 Å². The molecule has 1 aliphatic rings. The van der Waals surface area contributed by atoms with E-state index in [4.69, 9.17) is 0 Å². The van der Waals surface area contributed by atoms with Gasteiger partial charge in [0, 0.05) is 17.8 Å². The second-order valence-electron chi connectivity index (χ2n) is 5.24. The van der Waals surface area contributed by atoms with E-state index in [1.54, 1.807) is 23.0 Å². The summed E-state index contributed by atoms with van der Waals surface area (Å²) >= 11 is 0. The molecule has 0 bridgehead atoms. The lowest BCUT2D eigenvalue weighted by Gasteiger charge is -2.11. The molecule has 3 rings (SSSR count). The van der Waals surface area contributed by atoms with E-state index in [-0.39, 0.29) is 11.8 Å². The van der Waals surface area contributed by atoms with Crippen molar-refractivity contribution in [1.29, 1.82) is 0 Å². The van der Waals surface area contributed by atoms with Gasteiger partial charge in [-0.15, -0.1) is 0 Å². The van der Waals surface area contributed by atoms with E-state index in [9.17, 15) is 8.42 Å². The van der Waals surface area contributed by atoms with Crippen LogP contribution in [0.1, 0.15) is 25.5 Å². The molecule has 0 spiro atoms. The van der Waals surface area contributed by atoms with E-state index in [1.807, 2.05) is 6.07 Å². The van der Waals surface area contributed by atoms with Crippen molar-refractivity contribution in [3.05, 3.63) is 35.6 Å². The summed E-state index contributed by atoms with van der Waals surface area (Å²) in [6.07, 6.45) is 5.09. The Morgan fingerprint density at radius 1 is 1.45 bits per heavy atom. The molecular weight excluding hydrogens is 276 g/mol. The Balaban J connectivity index is 1.94. The topological polar surface area (TPSA) is 76.4 Å². The van der Waals surface area contributed by atoms with Crippen LogP contribution in [-0.4, -0.2) is 34.8 Å². The van der Waals surface area contributed by atoms with Gasteiger partial charge in [-0.3, -0.25) is 0 Å². The zero-order valence-corrected chi connectivity index (χ0v) is 12.1. The molecule has 0 aliphatic carbocycles. The third kappa shape index (κ3) is 2.40. The molecule has 2 aromatic rings. The number of rotatable bonds is 3. The van der Waals surface area contributed by atoms with Crippen molar-refractivity contribution in [2.45, 2.75) is 25.8 Å². The predicted molar refractivity (Wildman–Crippen MR) is 77.4 cm³/mol. The van der Waals surface area contributed by atoms with Crippen LogP contribution in [-0.2, 0) is 9.84 Å². The van der Waals surface area contributed by atoms with Gasteiger partial charge in [-0.2, -0.15) is 5.10 Å². The lowest BCUT2D eigenvalue weighted by Crippen LogP contribution is -2.21. The molecule has 1 unspecified atom stereocenters. The Morgan fingerprint density at radius 3 is 2.90 bits per heavy atom. The van der Waals surface area contributed by atoms with Crippen LogP contribution in [0.4, 0.5) is 5.82 Å². The van der Waals surface area contributed by atoms with Crippen LogP contribution in [0, 0.1) is 0 Å². The van der Waals surface area contributed by atoms with Gasteiger partial charge in [0.15, 0.2) is 15.7 Å². The molecule has 7 heteroatoms. The van der Waals surface area contributed by atoms with Crippen molar-refractivity contribution in [3.63, 3.8) is 0 Å². The molecular formula is C13H16N4O2S. The minimum Gasteiger partial charge on any atom is -0.361 e. The first-order chi connectivity index (χ1) is 9.44. The van der Waals surface area contributed by atoms with Gasteiger partial charge in [0.25, 0.3) is 0 Å². The summed E-state index contributed by atoms with van der Waals surface area (Å²) in [7, 11) is -3.07. The summed E-state index contributed by atoms with van der Waals surface area (Å²) in [6, 6.07) is 1.74. The Morgan fingerprint density at radius 2 is 2.25 bits per heavy atom. The molecule has 0 saturated carbocycles. The zero-order valence-electron chi connectivity index (χ0n) is 11.3. The number of nitrogens with zero attached hydrogens (tertiary/aromatic N) is 3. The summed E-state index contributed by atoms with van der Waals surface area (Å²) in [5.74, 6) is 1.05. The highest BCUT2D eigenvalue weighted by Crippen LogP contribution is 2.21. The number of sulfone groups is 1. The summed E-state index contributed by atoms with van der Waals surface area (Å²) in [5, 5.41) is 8.88. The van der Waals surface area contributed by atoms with Crippen LogP contribution in [0.25, 0.3) is 5.52 Å². The number of nitrogens with one attached hydrogen (secondary N) is 1. The highest BCUT2D eigenvalue weighted by molar-refractivity contribution is 7.94. The second kappa shape index (κ2) is 4.59. The summed E-state index contributed by atoms with van der Waals surface area (Å²) in [6.45, 7) is 4.16. The second-order valence-corrected chi connectivity index (χ2v) is 7.17. The van der Waals surface area contributed by atoms with Gasteiger partial charge in [-0.05, 0) is 18.1 Å². The smallest absolute Gasteiger partial charge is 0.173 e. The van der Waals surface area contributed by atoms with Gasteiger partial charge in [0.2, 0.25) is 0 Å². The lowest BCUT2D eigenvalue weighted by molar-refractivity contribution is 0.605. The number of aromatic nitrogens is 3. The normalized spacial score (nSPS) is 20.9. The average molecular weight is 292 g/mol. The lowest BCUT2D eigenvalue weighted by atomic mass is 10.1. The summed E-state index contributed by atoms with van der Waals surface area (Å²) in [5.41, 5.74) is 1.84. The molecule has 1 N–H and O–H groups in total. The van der Waals surface area contributed by atoms with Gasteiger partial charge in [0.05, 0.1) is 17.5 Å². The Kier molecular flexibility index (Phi) is 3.01. The Labute approximate surface area is 117 Å². The van der Waals surface area contributed by atoms with E-state index in [2.05, 4.69) is 29.2 Å². The highest BCUT2D eigenvalue weighted by Gasteiger charge is 2.22. The largest absolute Gasteiger partial charge is 0.361 e. The van der Waals surface area contributed by atoms with Gasteiger partial charge in [0.1, 0.15) is 5.52 Å². The summed E-state index contributed by atoms with van der Waals surface area (Å²) < 4.78 is 24.6. The molecule has 1 aliphatic heterocycles. The number of hydrogen-bond acceptors (Lipinski definition) is 5. The van der Waals surface area contributed by atoms with Crippen molar-refractivity contribution in [1.82, 2.24) is 14.6 Å². The van der Waals surface area contributed by atoms with Crippen molar-refractivity contribution in [2.75, 3.05) is 11.1 Å². The van der Waals surface area contributed by atoms with E-state index in [0.29, 0.717) is 11.7 Å². The molecule has 0 radical (unpaired) electrons. The van der Waals surface area contributed by atoms with Crippen molar-refractivity contribution >= 4 is 21.2 Å². The average Bonchev–Trinajstić information content (AvgIpc) is 2.93. The van der Waals surface area contributed by atoms with Gasteiger partial charge in [-0.1, -0.05) is 13.8 Å². The molecule has 20 heavy (non-hydrogen) atoms. The molecule has 2 aromatic heterocycles. The van der Waals surface area contributed by atoms with Crippen molar-refractivity contribution in [2.24, 2.45) is 0 Å². The number of fused-ring (bicyclic) bond motifs is 1. The van der Waals surface area contributed by atoms with E-state index in [1.165, 1.54) is 5.41 Å². The van der Waals surface area contributed by atoms with Gasteiger partial charge in [-0.25, -0.2) is 17.9 Å². The maximum atomic E-state index is 11.4. The molecule has 6 nitrogen and oxygen atoms in total. The molecule has 0 aromatic carbocycles. The fourth-order valence-corrected chi connectivity index (χ4v) is 3.41. The first kappa shape index (κ1) is 13.1. The Bertz CT molecular complexity index is 777. The molecule has 0 fully saturated rings. The van der Waals surface area contributed by atoms with Gasteiger partial charge >= 0.3 is 0 Å². The quantitative estimate of drug-likeness (QED) is 0.929. The predicted octanol–water partition coefficient (Wildman–Crippen LogP) is 1.58. The summed E-state index contributed by atoms with van der Waals surface area (Å²) in [4.78, 5) is 4.29. The van der Waals surface area contributed by atoms with Crippen LogP contribution >= 0.6 is 0 Å². The molecule has 106 valence electrons. The van der Waals surface area contributed by atoms with E-state index in [0.717, 1.165) is 11.2 Å². The van der Waals surface area contributed by atoms with Crippen molar-refractivity contribution in [3.8, 4) is 0 Å². The standard InChI is InChI=1S/C13H16N4O2S/c1-9(2)11-7-12-13(14-4-5-17(12)16-11)15-10-3-6-20(18,19)8-10/h3-7,9-10H,8H2,1-2H3,(H,14,15). The SMILES string of the molecule is CC(C)c1cc2c(NC3C=CS(=O)(=O)C3)nccn2n1. The van der Waals surface area contributed by atoms with Crippen LogP contribution in [0.2, 0.25) is 0 Å². The fourth-order valence-electron chi connectivity index (χ4n) is 2.18. The third-order valence-corrected chi connectivity index (χ3v) is 4.65. The first-order valence-electron chi connectivity index (χ1n) is 6.46. The fraction of sp³-hybridized carbons (Fsp3) is 0.385. The zero-order chi connectivity index (χ0) is 14.3. The van der Waals surface area contributed by atoms with E-state index >= 15 is 0 Å². The molecule has 0 saturated heterocycles. The van der Waals surface area contributed by atoms with Crippen LogP contribution in [0.5, 0.6) is 0 Å². The van der Waals surface area contributed by atoms with Crippen LogP contribution < -0.4 is 5.32 Å². The monoisotopic (exact) mass is 292 g/mol. The molecule has 1 atom stereocenters. The maximum Gasteiger partial charge on any atom is 0.173 e.